The second-order valence-electron chi connectivity index (χ2n) is 9.09. The fourth-order valence-corrected chi connectivity index (χ4v) is 4.90. The van der Waals surface area contributed by atoms with Gasteiger partial charge in [0, 0.05) is 23.7 Å². The lowest BCUT2D eigenvalue weighted by molar-refractivity contribution is 0.0579. The first-order valence-electron chi connectivity index (χ1n) is 8.63. The molecule has 4 unspecified atom stereocenters. The van der Waals surface area contributed by atoms with Crippen LogP contribution in [0.5, 0.6) is 0 Å². The SMILES string of the molecule is CCN1C2Nc3ncccc3C2C(C(C)(C)C)C1C(C)(C)C. The van der Waals surface area contributed by atoms with Crippen molar-refractivity contribution in [1.29, 1.82) is 0 Å². The predicted octanol–water partition coefficient (Wildman–Crippen LogP) is 4.33. The minimum atomic E-state index is 0.266. The van der Waals surface area contributed by atoms with E-state index in [-0.39, 0.29) is 10.8 Å². The number of pyridine rings is 1. The molecular weight excluding hydrogens is 270 g/mol. The Morgan fingerprint density at radius 3 is 2.36 bits per heavy atom. The van der Waals surface area contributed by atoms with Gasteiger partial charge in [0.15, 0.2) is 0 Å². The highest BCUT2D eigenvalue weighted by molar-refractivity contribution is 5.55. The summed E-state index contributed by atoms with van der Waals surface area (Å²) >= 11 is 0. The number of hydrogen-bond acceptors (Lipinski definition) is 3. The molecule has 4 atom stereocenters. The molecule has 3 heterocycles. The van der Waals surface area contributed by atoms with Gasteiger partial charge in [0.1, 0.15) is 5.82 Å². The van der Waals surface area contributed by atoms with E-state index in [0.717, 1.165) is 12.4 Å². The lowest BCUT2D eigenvalue weighted by Crippen LogP contribution is -2.49. The third-order valence-electron chi connectivity index (χ3n) is 5.52. The van der Waals surface area contributed by atoms with Crippen LogP contribution in [0.15, 0.2) is 18.3 Å². The van der Waals surface area contributed by atoms with Crippen molar-refractivity contribution in [3.8, 4) is 0 Å². The molecule has 122 valence electrons. The van der Waals surface area contributed by atoms with Gasteiger partial charge in [-0.3, -0.25) is 4.90 Å². The van der Waals surface area contributed by atoms with Crippen molar-refractivity contribution in [3.63, 3.8) is 0 Å². The van der Waals surface area contributed by atoms with Crippen LogP contribution in [0.2, 0.25) is 0 Å². The molecule has 0 aliphatic carbocycles. The Bertz CT molecular complexity index is 553. The van der Waals surface area contributed by atoms with Crippen molar-refractivity contribution in [2.75, 3.05) is 11.9 Å². The maximum Gasteiger partial charge on any atom is 0.130 e. The second kappa shape index (κ2) is 4.95. The van der Waals surface area contributed by atoms with Crippen LogP contribution in [0.1, 0.15) is 59.9 Å². The lowest BCUT2D eigenvalue weighted by atomic mass is 9.64. The van der Waals surface area contributed by atoms with Gasteiger partial charge >= 0.3 is 0 Å². The summed E-state index contributed by atoms with van der Waals surface area (Å²) in [7, 11) is 0. The quantitative estimate of drug-likeness (QED) is 0.837. The van der Waals surface area contributed by atoms with Crippen molar-refractivity contribution in [2.45, 2.75) is 66.6 Å². The van der Waals surface area contributed by atoms with Crippen LogP contribution in [-0.4, -0.2) is 28.6 Å². The molecule has 1 aromatic rings. The zero-order chi connectivity index (χ0) is 16.3. The first-order chi connectivity index (χ1) is 10.2. The summed E-state index contributed by atoms with van der Waals surface area (Å²) in [6.45, 7) is 17.8. The Kier molecular flexibility index (Phi) is 3.56. The van der Waals surface area contributed by atoms with Crippen LogP contribution in [0.4, 0.5) is 5.82 Å². The highest BCUT2D eigenvalue weighted by Crippen LogP contribution is 2.57. The van der Waals surface area contributed by atoms with Gasteiger partial charge in [-0.05, 0) is 29.4 Å². The number of fused-ring (bicyclic) bond motifs is 3. The molecule has 1 saturated heterocycles. The van der Waals surface area contributed by atoms with E-state index in [0.29, 0.717) is 24.0 Å². The van der Waals surface area contributed by atoms with Gasteiger partial charge in [-0.1, -0.05) is 54.5 Å². The van der Waals surface area contributed by atoms with Crippen LogP contribution in [-0.2, 0) is 0 Å². The summed E-state index contributed by atoms with van der Waals surface area (Å²) in [5.74, 6) is 2.25. The zero-order valence-electron chi connectivity index (χ0n) is 15.1. The van der Waals surface area contributed by atoms with Crippen LogP contribution in [0.25, 0.3) is 0 Å². The van der Waals surface area contributed by atoms with Gasteiger partial charge in [0.2, 0.25) is 0 Å². The van der Waals surface area contributed by atoms with Crippen molar-refractivity contribution >= 4 is 5.82 Å². The summed E-state index contributed by atoms with van der Waals surface area (Å²) in [6.07, 6.45) is 2.29. The largest absolute Gasteiger partial charge is 0.354 e. The second-order valence-corrected chi connectivity index (χ2v) is 9.09. The Morgan fingerprint density at radius 2 is 1.82 bits per heavy atom. The average molecular weight is 301 g/mol. The molecule has 0 radical (unpaired) electrons. The number of anilines is 1. The maximum atomic E-state index is 4.58. The molecule has 22 heavy (non-hydrogen) atoms. The normalized spacial score (nSPS) is 31.8. The van der Waals surface area contributed by atoms with Crippen LogP contribution < -0.4 is 5.32 Å². The van der Waals surface area contributed by atoms with Gasteiger partial charge in [-0.25, -0.2) is 4.98 Å². The minimum absolute atomic E-state index is 0.266. The van der Waals surface area contributed by atoms with E-state index in [2.05, 4.69) is 75.8 Å². The fraction of sp³-hybridized carbons (Fsp3) is 0.737. The van der Waals surface area contributed by atoms with E-state index in [4.69, 9.17) is 0 Å². The number of nitrogens with one attached hydrogen (secondary N) is 1. The molecule has 3 nitrogen and oxygen atoms in total. The molecule has 0 bridgehead atoms. The summed E-state index contributed by atoms with van der Waals surface area (Å²) < 4.78 is 0. The van der Waals surface area contributed by atoms with E-state index >= 15 is 0 Å². The molecule has 2 aliphatic heterocycles. The van der Waals surface area contributed by atoms with Crippen molar-refractivity contribution in [3.05, 3.63) is 23.9 Å². The molecule has 3 rings (SSSR count). The average Bonchev–Trinajstić information content (AvgIpc) is 2.90. The third-order valence-corrected chi connectivity index (χ3v) is 5.52. The third kappa shape index (κ3) is 2.25. The molecule has 3 heteroatoms. The molecule has 1 N–H and O–H groups in total. The smallest absolute Gasteiger partial charge is 0.130 e. The standard InChI is InChI=1S/C19H31N3/c1-8-22-15(19(5,6)7)14(18(2,3)4)13-12-10-9-11-20-16(12)21-17(13)22/h9-11,13-15,17H,8H2,1-7H3,(H,20,21). The minimum Gasteiger partial charge on any atom is -0.354 e. The van der Waals surface area contributed by atoms with Gasteiger partial charge in [-0.15, -0.1) is 0 Å². The lowest BCUT2D eigenvalue weighted by Gasteiger charge is -2.44. The Labute approximate surface area is 135 Å². The maximum absolute atomic E-state index is 4.58. The Morgan fingerprint density at radius 1 is 1.14 bits per heavy atom. The van der Waals surface area contributed by atoms with Crippen LogP contribution in [0.3, 0.4) is 0 Å². The van der Waals surface area contributed by atoms with Crippen LogP contribution in [0, 0.1) is 16.7 Å². The monoisotopic (exact) mass is 301 g/mol. The molecular formula is C19H31N3. The highest BCUT2D eigenvalue weighted by Gasteiger charge is 2.58. The first kappa shape index (κ1) is 15.8. The Hall–Kier alpha value is -1.09. The number of rotatable bonds is 1. The molecule has 0 saturated carbocycles. The topological polar surface area (TPSA) is 28.2 Å². The van der Waals surface area contributed by atoms with Gasteiger partial charge in [0.05, 0.1) is 6.17 Å². The van der Waals surface area contributed by atoms with E-state index in [1.807, 2.05) is 6.20 Å². The molecule has 1 aromatic heterocycles. The molecule has 0 aromatic carbocycles. The predicted molar refractivity (Wildman–Crippen MR) is 93.0 cm³/mol. The molecule has 0 spiro atoms. The zero-order valence-corrected chi connectivity index (χ0v) is 15.1. The summed E-state index contributed by atoms with van der Waals surface area (Å²) in [6, 6.07) is 4.94. The molecule has 2 aliphatic rings. The number of aromatic nitrogens is 1. The van der Waals surface area contributed by atoms with E-state index < -0.39 is 0 Å². The van der Waals surface area contributed by atoms with E-state index in [1.54, 1.807) is 0 Å². The van der Waals surface area contributed by atoms with Gasteiger partial charge in [-0.2, -0.15) is 0 Å². The highest BCUT2D eigenvalue weighted by atomic mass is 15.4. The van der Waals surface area contributed by atoms with Crippen molar-refractivity contribution in [2.24, 2.45) is 16.7 Å². The first-order valence-corrected chi connectivity index (χ1v) is 8.63. The number of likely N-dealkylation sites (N-methyl/N-ethyl adjacent to an activating group) is 1. The summed E-state index contributed by atoms with van der Waals surface area (Å²) in [5.41, 5.74) is 1.95. The Balaban J connectivity index is 2.13. The number of likely N-dealkylation sites (tertiary alicyclic amines) is 1. The fourth-order valence-electron chi connectivity index (χ4n) is 4.90. The van der Waals surface area contributed by atoms with Crippen molar-refractivity contribution < 1.29 is 0 Å². The van der Waals surface area contributed by atoms with E-state index in [9.17, 15) is 0 Å². The number of hydrogen-bond donors (Lipinski definition) is 1. The summed E-state index contributed by atoms with van der Waals surface area (Å²) in [4.78, 5) is 7.26. The molecule has 1 fully saturated rings. The molecule has 0 amide bonds. The van der Waals surface area contributed by atoms with Gasteiger partial charge in [0.25, 0.3) is 0 Å². The van der Waals surface area contributed by atoms with Gasteiger partial charge < -0.3 is 5.32 Å². The summed E-state index contributed by atoms with van der Waals surface area (Å²) in [5, 5.41) is 3.72. The van der Waals surface area contributed by atoms with Crippen molar-refractivity contribution in [1.82, 2.24) is 9.88 Å². The number of nitrogens with zero attached hydrogens (tertiary/aromatic N) is 2. The van der Waals surface area contributed by atoms with Crippen LogP contribution >= 0.6 is 0 Å². The van der Waals surface area contributed by atoms with E-state index in [1.165, 1.54) is 5.56 Å².